The Labute approximate surface area is 139 Å². The van der Waals surface area contributed by atoms with E-state index < -0.39 is 23.5 Å². The van der Waals surface area contributed by atoms with Gasteiger partial charge in [0.25, 0.3) is 5.91 Å². The van der Waals surface area contributed by atoms with Crippen molar-refractivity contribution >= 4 is 29.3 Å². The third kappa shape index (κ3) is 4.89. The maximum absolute atomic E-state index is 12.2. The lowest BCUT2D eigenvalue weighted by atomic mass is 9.83. The van der Waals surface area contributed by atoms with E-state index in [9.17, 15) is 14.9 Å². The zero-order valence-corrected chi connectivity index (χ0v) is 13.8. The van der Waals surface area contributed by atoms with E-state index in [0.29, 0.717) is 17.8 Å². The molecule has 1 fully saturated rings. The Hall–Kier alpha value is -2.20. The smallest absolute Gasteiger partial charge is 0.331 e. The minimum absolute atomic E-state index is 0.440. The van der Waals surface area contributed by atoms with Gasteiger partial charge in [-0.3, -0.25) is 4.79 Å². The third-order valence-corrected chi connectivity index (χ3v) is 4.50. The number of ether oxygens (including phenoxy) is 1. The zero-order chi connectivity index (χ0) is 16.7. The van der Waals surface area contributed by atoms with Gasteiger partial charge in [0.1, 0.15) is 10.5 Å². The van der Waals surface area contributed by atoms with E-state index in [1.165, 1.54) is 30.4 Å². The Morgan fingerprint density at radius 2 is 2.22 bits per heavy atom. The predicted molar refractivity (Wildman–Crippen MR) is 86.3 cm³/mol. The summed E-state index contributed by atoms with van der Waals surface area (Å²) >= 11 is 1.39. The molecule has 7 heteroatoms. The number of carbonyl (C=O) groups excluding carboxylic acids is 2. The molecular formula is C16H19N3O3S. The van der Waals surface area contributed by atoms with Gasteiger partial charge in [0.15, 0.2) is 6.10 Å². The molecule has 122 valence electrons. The van der Waals surface area contributed by atoms with E-state index in [4.69, 9.17) is 4.74 Å². The first-order chi connectivity index (χ1) is 11.0. The summed E-state index contributed by atoms with van der Waals surface area (Å²) in [7, 11) is 0. The number of nitrogens with one attached hydrogen (secondary N) is 1. The Morgan fingerprint density at radius 3 is 2.83 bits per heavy atom. The van der Waals surface area contributed by atoms with Gasteiger partial charge in [-0.05, 0) is 25.8 Å². The molecular weight excluding hydrogens is 314 g/mol. The lowest BCUT2D eigenvalue weighted by Crippen LogP contribution is -2.52. The average molecular weight is 333 g/mol. The molecule has 1 amide bonds. The van der Waals surface area contributed by atoms with E-state index in [2.05, 4.69) is 16.4 Å². The molecule has 0 saturated heterocycles. The van der Waals surface area contributed by atoms with Crippen molar-refractivity contribution in [3.05, 3.63) is 22.7 Å². The molecule has 1 aromatic heterocycles. The number of rotatable bonds is 5. The molecule has 1 heterocycles. The van der Waals surface area contributed by atoms with Crippen LogP contribution in [0.25, 0.3) is 6.08 Å². The van der Waals surface area contributed by atoms with Gasteiger partial charge in [0.05, 0.1) is 6.07 Å². The fourth-order valence-corrected chi connectivity index (χ4v) is 3.01. The standard InChI is InChI=1S/C16H19N3O3S/c1-12(22-14(20)6-5-13-18-9-10-23-13)15(21)19-16(11-17)7-3-2-4-8-16/h5-6,9-10,12H,2-4,7-8H2,1H3,(H,19,21)/b6-5+. The van der Waals surface area contributed by atoms with E-state index in [1.54, 1.807) is 11.6 Å². The van der Waals surface area contributed by atoms with Gasteiger partial charge >= 0.3 is 5.97 Å². The number of esters is 1. The molecule has 1 aromatic rings. The van der Waals surface area contributed by atoms with Crippen molar-refractivity contribution in [1.29, 1.82) is 5.26 Å². The maximum Gasteiger partial charge on any atom is 0.331 e. The largest absolute Gasteiger partial charge is 0.449 e. The van der Waals surface area contributed by atoms with Crippen LogP contribution < -0.4 is 5.32 Å². The number of hydrogen-bond donors (Lipinski definition) is 1. The average Bonchev–Trinajstić information content (AvgIpc) is 3.07. The first kappa shape index (κ1) is 17.2. The number of nitriles is 1. The highest BCUT2D eigenvalue weighted by Crippen LogP contribution is 2.27. The molecule has 0 bridgehead atoms. The number of aromatic nitrogens is 1. The normalized spacial score (nSPS) is 18.1. The summed E-state index contributed by atoms with van der Waals surface area (Å²) in [6, 6.07) is 2.21. The molecule has 1 aliphatic rings. The second-order valence-electron chi connectivity index (χ2n) is 5.53. The summed E-state index contributed by atoms with van der Waals surface area (Å²) in [5.74, 6) is -1.05. The summed E-state index contributed by atoms with van der Waals surface area (Å²) in [6.07, 6.45) is 7.65. The molecule has 0 radical (unpaired) electrons. The second-order valence-corrected chi connectivity index (χ2v) is 6.45. The van der Waals surface area contributed by atoms with Crippen molar-refractivity contribution in [3.8, 4) is 6.07 Å². The van der Waals surface area contributed by atoms with Gasteiger partial charge < -0.3 is 10.1 Å². The molecule has 1 atom stereocenters. The van der Waals surface area contributed by atoms with Crippen molar-refractivity contribution in [1.82, 2.24) is 10.3 Å². The van der Waals surface area contributed by atoms with Gasteiger partial charge in [0.2, 0.25) is 0 Å². The van der Waals surface area contributed by atoms with E-state index in [-0.39, 0.29) is 0 Å². The number of hydrogen-bond acceptors (Lipinski definition) is 6. The molecule has 2 rings (SSSR count). The first-order valence-electron chi connectivity index (χ1n) is 7.56. The molecule has 6 nitrogen and oxygen atoms in total. The number of carbonyl (C=O) groups is 2. The second kappa shape index (κ2) is 7.88. The van der Waals surface area contributed by atoms with Crippen LogP contribution in [0.4, 0.5) is 0 Å². The highest BCUT2D eigenvalue weighted by atomic mass is 32.1. The number of nitrogens with zero attached hydrogens (tertiary/aromatic N) is 2. The quantitative estimate of drug-likeness (QED) is 0.660. The van der Waals surface area contributed by atoms with Gasteiger partial charge in [-0.25, -0.2) is 9.78 Å². The number of amides is 1. The molecule has 1 aliphatic carbocycles. The Bertz CT molecular complexity index is 613. The minimum Gasteiger partial charge on any atom is -0.449 e. The predicted octanol–water partition coefficient (Wildman–Crippen LogP) is 2.43. The number of thiazole rings is 1. The summed E-state index contributed by atoms with van der Waals surface area (Å²) in [6.45, 7) is 1.50. The monoisotopic (exact) mass is 333 g/mol. The Morgan fingerprint density at radius 1 is 1.48 bits per heavy atom. The molecule has 1 saturated carbocycles. The van der Waals surface area contributed by atoms with Crippen molar-refractivity contribution in [3.63, 3.8) is 0 Å². The van der Waals surface area contributed by atoms with Crippen LogP contribution in [-0.2, 0) is 14.3 Å². The fourth-order valence-electron chi connectivity index (χ4n) is 2.48. The van der Waals surface area contributed by atoms with Crippen LogP contribution in [0.15, 0.2) is 17.7 Å². The molecule has 1 unspecified atom stereocenters. The fraction of sp³-hybridized carbons (Fsp3) is 0.500. The van der Waals surface area contributed by atoms with Gasteiger partial charge in [-0.2, -0.15) is 5.26 Å². The van der Waals surface area contributed by atoms with Crippen molar-refractivity contribution in [2.45, 2.75) is 50.7 Å². The molecule has 23 heavy (non-hydrogen) atoms. The van der Waals surface area contributed by atoms with Gasteiger partial charge in [-0.1, -0.05) is 19.3 Å². The third-order valence-electron chi connectivity index (χ3n) is 3.76. The highest BCUT2D eigenvalue weighted by molar-refractivity contribution is 7.10. The van der Waals surface area contributed by atoms with Crippen LogP contribution in [0.5, 0.6) is 0 Å². The molecule has 0 aromatic carbocycles. The van der Waals surface area contributed by atoms with E-state index in [0.717, 1.165) is 19.3 Å². The van der Waals surface area contributed by atoms with Crippen LogP contribution in [-0.4, -0.2) is 28.5 Å². The summed E-state index contributed by atoms with van der Waals surface area (Å²) in [5.41, 5.74) is -0.827. The molecule has 0 aliphatic heterocycles. The van der Waals surface area contributed by atoms with Crippen LogP contribution in [0.1, 0.15) is 44.0 Å². The Balaban J connectivity index is 1.87. The molecule has 0 spiro atoms. The zero-order valence-electron chi connectivity index (χ0n) is 12.9. The molecule has 1 N–H and O–H groups in total. The van der Waals surface area contributed by atoms with Crippen molar-refractivity contribution in [2.75, 3.05) is 0 Å². The lowest BCUT2D eigenvalue weighted by Gasteiger charge is -2.32. The van der Waals surface area contributed by atoms with Crippen LogP contribution in [0, 0.1) is 11.3 Å². The van der Waals surface area contributed by atoms with Gasteiger partial charge in [-0.15, -0.1) is 11.3 Å². The van der Waals surface area contributed by atoms with E-state index >= 15 is 0 Å². The summed E-state index contributed by atoms with van der Waals surface area (Å²) in [4.78, 5) is 27.9. The summed E-state index contributed by atoms with van der Waals surface area (Å²) in [5, 5.41) is 14.6. The van der Waals surface area contributed by atoms with Crippen LogP contribution in [0.2, 0.25) is 0 Å². The van der Waals surface area contributed by atoms with Gasteiger partial charge in [0, 0.05) is 17.7 Å². The Kier molecular flexibility index (Phi) is 5.88. The topological polar surface area (TPSA) is 92.1 Å². The van der Waals surface area contributed by atoms with Crippen molar-refractivity contribution in [2.24, 2.45) is 0 Å². The van der Waals surface area contributed by atoms with Crippen LogP contribution >= 0.6 is 11.3 Å². The summed E-state index contributed by atoms with van der Waals surface area (Å²) < 4.78 is 5.07. The lowest BCUT2D eigenvalue weighted by molar-refractivity contribution is -0.150. The van der Waals surface area contributed by atoms with Crippen LogP contribution in [0.3, 0.4) is 0 Å². The minimum atomic E-state index is -0.949. The van der Waals surface area contributed by atoms with Crippen molar-refractivity contribution < 1.29 is 14.3 Å². The maximum atomic E-state index is 12.2. The van der Waals surface area contributed by atoms with E-state index in [1.807, 2.05) is 0 Å². The first-order valence-corrected chi connectivity index (χ1v) is 8.44. The highest BCUT2D eigenvalue weighted by Gasteiger charge is 2.35. The SMILES string of the molecule is CC(OC(=O)/C=C/c1nccs1)C(=O)NC1(C#N)CCCCC1.